The van der Waals surface area contributed by atoms with Gasteiger partial charge in [-0.2, -0.15) is 0 Å². The molecule has 0 unspecified atom stereocenters. The average molecular weight is 264 g/mol. The molecule has 1 aromatic carbocycles. The summed E-state index contributed by atoms with van der Waals surface area (Å²) < 4.78 is 23.1. The minimum absolute atomic E-state index is 0.0186. The number of hydrogen-bond donors (Lipinski definition) is 0. The lowest BCUT2D eigenvalue weighted by Crippen LogP contribution is -2.51. The Kier molecular flexibility index (Phi) is 3.84. The van der Waals surface area contributed by atoms with Crippen LogP contribution in [0.5, 0.6) is 0 Å². The highest BCUT2D eigenvalue weighted by Gasteiger charge is 2.49. The van der Waals surface area contributed by atoms with Crippen LogP contribution in [0.1, 0.15) is 12.5 Å². The van der Waals surface area contributed by atoms with Crippen LogP contribution in [0.4, 0.5) is 0 Å². The van der Waals surface area contributed by atoms with Gasteiger partial charge in [-0.05, 0) is 5.56 Å². The van der Waals surface area contributed by atoms with Gasteiger partial charge in [0.05, 0.1) is 19.3 Å². The molecule has 0 saturated carbocycles. The fourth-order valence-corrected chi connectivity index (χ4v) is 2.87. The Bertz CT molecular complexity index is 408. The molecule has 3 rings (SSSR count). The molecule has 2 aliphatic rings. The van der Waals surface area contributed by atoms with Gasteiger partial charge >= 0.3 is 0 Å². The van der Waals surface area contributed by atoms with Gasteiger partial charge in [0.15, 0.2) is 6.29 Å². The summed E-state index contributed by atoms with van der Waals surface area (Å²) in [5.41, 5.74) is 1.16. The summed E-state index contributed by atoms with van der Waals surface area (Å²) >= 11 is 0. The van der Waals surface area contributed by atoms with Gasteiger partial charge in [0.2, 0.25) is 0 Å². The predicted molar refractivity (Wildman–Crippen MR) is 69.6 cm³/mol. The van der Waals surface area contributed by atoms with Crippen LogP contribution < -0.4 is 0 Å². The van der Waals surface area contributed by atoms with E-state index in [1.54, 1.807) is 7.11 Å². The first-order valence-corrected chi connectivity index (χ1v) is 6.75. The first kappa shape index (κ1) is 13.1. The molecule has 19 heavy (non-hydrogen) atoms. The van der Waals surface area contributed by atoms with E-state index < -0.39 is 0 Å². The van der Waals surface area contributed by atoms with Crippen LogP contribution >= 0.6 is 0 Å². The van der Waals surface area contributed by atoms with Gasteiger partial charge in [0.1, 0.15) is 12.2 Å². The molecular formula is C15H20O4. The van der Waals surface area contributed by atoms with Gasteiger partial charge in [-0.3, -0.25) is 0 Å². The number of fused-ring (bicyclic) bond motifs is 2. The third-order valence-electron chi connectivity index (χ3n) is 3.93. The molecule has 2 aliphatic heterocycles. The zero-order valence-electron chi connectivity index (χ0n) is 11.3. The van der Waals surface area contributed by atoms with Gasteiger partial charge in [-0.25, -0.2) is 0 Å². The van der Waals surface area contributed by atoms with Crippen molar-refractivity contribution in [1.82, 2.24) is 0 Å². The van der Waals surface area contributed by atoms with Crippen molar-refractivity contribution in [3.8, 4) is 0 Å². The number of ether oxygens (including phenoxy) is 4. The lowest BCUT2D eigenvalue weighted by Gasteiger charge is -2.38. The average Bonchev–Trinajstić information content (AvgIpc) is 2.89. The molecule has 2 fully saturated rings. The Morgan fingerprint density at radius 3 is 2.74 bits per heavy atom. The van der Waals surface area contributed by atoms with Crippen LogP contribution in [0.2, 0.25) is 0 Å². The van der Waals surface area contributed by atoms with E-state index >= 15 is 0 Å². The van der Waals surface area contributed by atoms with E-state index in [-0.39, 0.29) is 30.5 Å². The van der Waals surface area contributed by atoms with Gasteiger partial charge in [0, 0.05) is 13.0 Å². The van der Waals surface area contributed by atoms with E-state index in [1.165, 1.54) is 0 Å². The second-order valence-corrected chi connectivity index (χ2v) is 5.20. The van der Waals surface area contributed by atoms with E-state index in [4.69, 9.17) is 18.9 Å². The Labute approximate surface area is 113 Å². The van der Waals surface area contributed by atoms with E-state index in [0.29, 0.717) is 13.2 Å². The second kappa shape index (κ2) is 5.59. The van der Waals surface area contributed by atoms with Gasteiger partial charge in [0.25, 0.3) is 0 Å². The summed E-state index contributed by atoms with van der Waals surface area (Å²) in [7, 11) is 1.73. The zero-order chi connectivity index (χ0) is 13.2. The van der Waals surface area contributed by atoms with E-state index in [2.05, 4.69) is 19.1 Å². The number of hydrogen-bond acceptors (Lipinski definition) is 4. The molecule has 2 saturated heterocycles. The van der Waals surface area contributed by atoms with Crippen LogP contribution in [-0.2, 0) is 25.6 Å². The number of rotatable bonds is 4. The molecule has 0 amide bonds. The normalized spacial score (nSPS) is 37.5. The Hall–Kier alpha value is -0.940. The molecule has 104 valence electrons. The zero-order valence-corrected chi connectivity index (χ0v) is 11.3. The fourth-order valence-electron chi connectivity index (χ4n) is 2.87. The van der Waals surface area contributed by atoms with Crippen molar-refractivity contribution in [2.24, 2.45) is 5.92 Å². The molecule has 0 radical (unpaired) electrons. The Balaban J connectivity index is 1.68. The quantitative estimate of drug-likeness (QED) is 0.833. The maximum atomic E-state index is 6.04. The van der Waals surface area contributed by atoms with Crippen molar-refractivity contribution < 1.29 is 18.9 Å². The molecular weight excluding hydrogens is 244 g/mol. The van der Waals surface area contributed by atoms with Crippen LogP contribution in [0.15, 0.2) is 30.3 Å². The highest BCUT2D eigenvalue weighted by molar-refractivity contribution is 5.13. The summed E-state index contributed by atoms with van der Waals surface area (Å²) in [5, 5.41) is 0. The predicted octanol–water partition coefficient (Wildman–Crippen LogP) is 1.98. The molecule has 1 aromatic rings. The Morgan fingerprint density at radius 1 is 1.21 bits per heavy atom. The van der Waals surface area contributed by atoms with Crippen molar-refractivity contribution in [2.75, 3.05) is 13.7 Å². The van der Waals surface area contributed by atoms with Crippen molar-refractivity contribution in [1.29, 1.82) is 0 Å². The van der Waals surface area contributed by atoms with Gasteiger partial charge in [-0.1, -0.05) is 37.3 Å². The lowest BCUT2D eigenvalue weighted by molar-refractivity contribution is -0.221. The summed E-state index contributed by atoms with van der Waals surface area (Å²) in [4.78, 5) is 0. The molecule has 0 N–H and O–H groups in total. The number of benzene rings is 1. The van der Waals surface area contributed by atoms with E-state index in [1.807, 2.05) is 18.2 Å². The third kappa shape index (κ3) is 2.54. The van der Waals surface area contributed by atoms with E-state index in [0.717, 1.165) is 5.56 Å². The molecule has 0 aliphatic carbocycles. The first-order valence-electron chi connectivity index (χ1n) is 6.75. The third-order valence-corrected chi connectivity index (χ3v) is 3.93. The topological polar surface area (TPSA) is 36.9 Å². The molecule has 0 spiro atoms. The lowest BCUT2D eigenvalue weighted by atomic mass is 9.94. The van der Waals surface area contributed by atoms with Gasteiger partial charge < -0.3 is 18.9 Å². The van der Waals surface area contributed by atoms with Crippen LogP contribution in [-0.4, -0.2) is 38.3 Å². The molecule has 2 bridgehead atoms. The highest BCUT2D eigenvalue weighted by Crippen LogP contribution is 2.35. The minimum Gasteiger partial charge on any atom is -0.378 e. The van der Waals surface area contributed by atoms with Crippen LogP contribution in [0.25, 0.3) is 0 Å². The van der Waals surface area contributed by atoms with Crippen molar-refractivity contribution >= 4 is 0 Å². The molecule has 0 aromatic heterocycles. The minimum atomic E-state index is -0.147. The van der Waals surface area contributed by atoms with Crippen molar-refractivity contribution in [2.45, 2.75) is 38.1 Å². The standard InChI is InChI=1S/C15H20O4/c1-10-13(16-2)14(12-9-18-15(10)19-12)17-8-11-6-4-3-5-7-11/h3-7,10,12-15H,8-9H2,1-2H3/t10-,12-,13-,14-,15-/m1/s1. The fraction of sp³-hybridized carbons (Fsp3) is 0.600. The van der Waals surface area contributed by atoms with Crippen molar-refractivity contribution in [3.63, 3.8) is 0 Å². The second-order valence-electron chi connectivity index (χ2n) is 5.20. The maximum absolute atomic E-state index is 6.04. The summed E-state index contributed by atoms with van der Waals surface area (Å²) in [6.07, 6.45) is -0.213. The smallest absolute Gasteiger partial charge is 0.163 e. The number of methoxy groups -OCH3 is 1. The van der Waals surface area contributed by atoms with Crippen LogP contribution in [0.3, 0.4) is 0 Å². The molecule has 2 heterocycles. The highest BCUT2D eigenvalue weighted by atomic mass is 16.7. The van der Waals surface area contributed by atoms with Gasteiger partial charge in [-0.15, -0.1) is 0 Å². The molecule has 5 atom stereocenters. The van der Waals surface area contributed by atoms with Crippen molar-refractivity contribution in [3.05, 3.63) is 35.9 Å². The van der Waals surface area contributed by atoms with E-state index in [9.17, 15) is 0 Å². The summed E-state index contributed by atoms with van der Waals surface area (Å²) in [6.45, 7) is 3.25. The largest absolute Gasteiger partial charge is 0.378 e. The SMILES string of the molecule is CO[C@@H]1[C@@H](C)[C@@H]2OC[C@@H](O2)[C@H]1OCc1ccccc1. The first-order chi connectivity index (χ1) is 9.29. The Morgan fingerprint density at radius 2 is 2.00 bits per heavy atom. The summed E-state index contributed by atoms with van der Waals surface area (Å²) in [5.74, 6) is 0.185. The monoisotopic (exact) mass is 264 g/mol. The molecule has 4 heteroatoms. The maximum Gasteiger partial charge on any atom is 0.163 e. The summed E-state index contributed by atoms with van der Waals surface area (Å²) in [6, 6.07) is 10.1. The molecule has 4 nitrogen and oxygen atoms in total. The van der Waals surface area contributed by atoms with Crippen LogP contribution in [0, 0.1) is 5.92 Å².